The quantitative estimate of drug-likeness (QED) is 0.871. The number of nitrogens with one attached hydrogen (secondary N) is 1. The van der Waals surface area contributed by atoms with Gasteiger partial charge in [-0.15, -0.1) is 0 Å². The van der Waals surface area contributed by atoms with Crippen LogP contribution in [0.2, 0.25) is 0 Å². The Bertz CT molecular complexity index is 815. The molecule has 0 atom stereocenters. The number of nitrogens with zero attached hydrogens (tertiary/aromatic N) is 2. The van der Waals surface area contributed by atoms with Gasteiger partial charge in [0, 0.05) is 0 Å². The summed E-state index contributed by atoms with van der Waals surface area (Å²) in [5.74, 6) is -0.623. The molecule has 1 aliphatic rings. The zero-order chi connectivity index (χ0) is 18.0. The Morgan fingerprint density at radius 2 is 2.00 bits per heavy atom. The van der Waals surface area contributed by atoms with Crippen LogP contribution in [-0.4, -0.2) is 43.8 Å². The maximum absolute atomic E-state index is 14.0. The number of aliphatic carboxylic acids is 1. The van der Waals surface area contributed by atoms with Crippen LogP contribution in [0.1, 0.15) is 28.9 Å². The molecule has 2 N–H and O–H groups in total. The van der Waals surface area contributed by atoms with Gasteiger partial charge in [0.15, 0.2) is 0 Å². The van der Waals surface area contributed by atoms with Crippen LogP contribution in [-0.2, 0) is 4.79 Å². The third kappa shape index (κ3) is 3.26. The minimum absolute atomic E-state index is 0.237. The molecule has 1 aromatic carbocycles. The van der Waals surface area contributed by atoms with Gasteiger partial charge in [0.05, 0.1) is 17.5 Å². The predicted octanol–water partition coefficient (Wildman–Crippen LogP) is 2.40. The lowest BCUT2D eigenvalue weighted by molar-refractivity contribution is -0.144. The first-order chi connectivity index (χ1) is 11.9. The highest BCUT2D eigenvalue weighted by molar-refractivity contribution is 7.99. The molecule has 0 aliphatic carbocycles. The van der Waals surface area contributed by atoms with Gasteiger partial charge in [0.25, 0.3) is 5.91 Å². The van der Waals surface area contributed by atoms with E-state index in [0.29, 0.717) is 30.0 Å². The fourth-order valence-electron chi connectivity index (χ4n) is 2.90. The van der Waals surface area contributed by atoms with Crippen LogP contribution in [0.4, 0.5) is 4.39 Å². The number of halogens is 1. The molecule has 0 bridgehead atoms. The molecule has 6 nitrogen and oxygen atoms in total. The van der Waals surface area contributed by atoms with E-state index in [1.165, 1.54) is 16.9 Å². The average molecular weight is 363 g/mol. The molecule has 1 fully saturated rings. The predicted molar refractivity (Wildman–Crippen MR) is 92.7 cm³/mol. The van der Waals surface area contributed by atoms with Gasteiger partial charge in [-0.05, 0) is 43.4 Å². The van der Waals surface area contributed by atoms with Crippen molar-refractivity contribution in [2.45, 2.75) is 25.3 Å². The number of hydrogen-bond acceptors (Lipinski definition) is 4. The number of hydrogen-bond donors (Lipinski definition) is 2. The van der Waals surface area contributed by atoms with Crippen LogP contribution >= 0.6 is 11.8 Å². The molecule has 0 saturated carbocycles. The monoisotopic (exact) mass is 363 g/mol. The molecule has 1 saturated heterocycles. The Morgan fingerprint density at radius 3 is 2.64 bits per heavy atom. The van der Waals surface area contributed by atoms with E-state index in [9.17, 15) is 19.1 Å². The number of carbonyl (C=O) groups is 2. The largest absolute Gasteiger partial charge is 0.480 e. The molecule has 1 aromatic heterocycles. The lowest BCUT2D eigenvalue weighted by Gasteiger charge is -2.33. The van der Waals surface area contributed by atoms with Crippen LogP contribution in [0.15, 0.2) is 30.5 Å². The fourth-order valence-corrected chi connectivity index (χ4v) is 4.09. The van der Waals surface area contributed by atoms with Crippen LogP contribution in [0.3, 0.4) is 0 Å². The van der Waals surface area contributed by atoms with Crippen LogP contribution in [0.25, 0.3) is 5.69 Å². The van der Waals surface area contributed by atoms with Gasteiger partial charge in [0.2, 0.25) is 0 Å². The SMILES string of the molecule is Cc1c(C(=O)NC2(C(=O)O)CCSCC2)cnn1-c1ccccc1F. The Balaban J connectivity index is 1.89. The van der Waals surface area contributed by atoms with E-state index in [1.54, 1.807) is 36.9 Å². The molecule has 25 heavy (non-hydrogen) atoms. The Kier molecular flexibility index (Phi) is 4.80. The third-order valence-corrected chi connectivity index (χ3v) is 5.43. The second-order valence-corrected chi connectivity index (χ2v) is 7.19. The maximum atomic E-state index is 14.0. The molecule has 1 amide bonds. The van der Waals surface area contributed by atoms with Gasteiger partial charge in [-0.2, -0.15) is 16.9 Å². The van der Waals surface area contributed by atoms with Gasteiger partial charge < -0.3 is 10.4 Å². The van der Waals surface area contributed by atoms with Crippen molar-refractivity contribution < 1.29 is 19.1 Å². The van der Waals surface area contributed by atoms with E-state index in [1.807, 2.05) is 0 Å². The van der Waals surface area contributed by atoms with Crippen molar-refractivity contribution in [3.05, 3.63) is 47.5 Å². The Labute approximate surface area is 148 Å². The first-order valence-electron chi connectivity index (χ1n) is 7.88. The molecule has 0 unspecified atom stereocenters. The molecule has 0 radical (unpaired) electrons. The van der Waals surface area contributed by atoms with Crippen molar-refractivity contribution in [2.24, 2.45) is 0 Å². The number of carboxylic acids is 1. The number of carbonyl (C=O) groups excluding carboxylic acids is 1. The fraction of sp³-hybridized carbons (Fsp3) is 0.353. The van der Waals surface area contributed by atoms with Gasteiger partial charge >= 0.3 is 5.97 Å². The molecule has 2 heterocycles. The number of carboxylic acid groups (broad SMARTS) is 1. The minimum atomic E-state index is -1.26. The van der Waals surface area contributed by atoms with Crippen molar-refractivity contribution in [1.82, 2.24) is 15.1 Å². The highest BCUT2D eigenvalue weighted by Gasteiger charge is 2.41. The van der Waals surface area contributed by atoms with Crippen LogP contribution < -0.4 is 5.32 Å². The van der Waals surface area contributed by atoms with E-state index in [-0.39, 0.29) is 11.3 Å². The minimum Gasteiger partial charge on any atom is -0.480 e. The van der Waals surface area contributed by atoms with Gasteiger partial charge in [-0.3, -0.25) is 4.79 Å². The highest BCUT2D eigenvalue weighted by atomic mass is 32.2. The number of aromatic nitrogens is 2. The first kappa shape index (κ1) is 17.5. The molecular weight excluding hydrogens is 345 g/mol. The second-order valence-electron chi connectivity index (χ2n) is 5.96. The van der Waals surface area contributed by atoms with Crippen molar-refractivity contribution in [1.29, 1.82) is 0 Å². The lowest BCUT2D eigenvalue weighted by Crippen LogP contribution is -2.56. The third-order valence-electron chi connectivity index (χ3n) is 4.44. The summed E-state index contributed by atoms with van der Waals surface area (Å²) in [6.45, 7) is 1.65. The van der Waals surface area contributed by atoms with Crippen LogP contribution in [0.5, 0.6) is 0 Å². The zero-order valence-electron chi connectivity index (χ0n) is 13.7. The Hall–Kier alpha value is -2.35. The zero-order valence-corrected chi connectivity index (χ0v) is 14.5. The second kappa shape index (κ2) is 6.87. The van der Waals surface area contributed by atoms with Gasteiger partial charge in [-0.25, -0.2) is 13.9 Å². The van der Waals surface area contributed by atoms with Crippen molar-refractivity contribution in [3.63, 3.8) is 0 Å². The summed E-state index contributed by atoms with van der Waals surface area (Å²) in [5, 5.41) is 16.3. The lowest BCUT2D eigenvalue weighted by atomic mass is 9.92. The van der Waals surface area contributed by atoms with Crippen LogP contribution in [0, 0.1) is 12.7 Å². The summed E-state index contributed by atoms with van der Waals surface area (Å²) in [6, 6.07) is 6.13. The number of rotatable bonds is 4. The van der Waals surface area contributed by atoms with E-state index >= 15 is 0 Å². The number of benzene rings is 1. The first-order valence-corrected chi connectivity index (χ1v) is 9.03. The van der Waals surface area contributed by atoms with E-state index in [2.05, 4.69) is 10.4 Å². The number of amides is 1. The van der Waals surface area contributed by atoms with E-state index in [4.69, 9.17) is 0 Å². The molecule has 1 aliphatic heterocycles. The molecule has 132 valence electrons. The van der Waals surface area contributed by atoms with Crippen molar-refractivity contribution in [3.8, 4) is 5.69 Å². The normalized spacial score (nSPS) is 16.4. The highest BCUT2D eigenvalue weighted by Crippen LogP contribution is 2.28. The van der Waals surface area contributed by atoms with Gasteiger partial charge in [-0.1, -0.05) is 12.1 Å². The van der Waals surface area contributed by atoms with Crippen molar-refractivity contribution >= 4 is 23.6 Å². The van der Waals surface area contributed by atoms with Crippen molar-refractivity contribution in [2.75, 3.05) is 11.5 Å². The maximum Gasteiger partial charge on any atom is 0.329 e. The average Bonchev–Trinajstić information content (AvgIpc) is 2.97. The van der Waals surface area contributed by atoms with E-state index in [0.717, 1.165) is 0 Å². The molecule has 2 aromatic rings. The number of para-hydroxylation sites is 1. The Morgan fingerprint density at radius 1 is 1.32 bits per heavy atom. The summed E-state index contributed by atoms with van der Waals surface area (Å²) in [7, 11) is 0. The summed E-state index contributed by atoms with van der Waals surface area (Å²) in [5.41, 5.74) is -0.328. The summed E-state index contributed by atoms with van der Waals surface area (Å²) in [4.78, 5) is 24.3. The topological polar surface area (TPSA) is 84.2 Å². The molecular formula is C17H18FN3O3S. The summed E-state index contributed by atoms with van der Waals surface area (Å²) < 4.78 is 15.3. The number of thioether (sulfide) groups is 1. The molecule has 8 heteroatoms. The molecule has 0 spiro atoms. The standard InChI is InChI=1S/C17H18FN3O3S/c1-11-12(10-19-21(11)14-5-3-2-4-13(14)18)15(22)20-17(16(23)24)6-8-25-9-7-17/h2-5,10H,6-9H2,1H3,(H,20,22)(H,23,24). The summed E-state index contributed by atoms with van der Waals surface area (Å²) in [6.07, 6.45) is 2.09. The summed E-state index contributed by atoms with van der Waals surface area (Å²) >= 11 is 1.67. The van der Waals surface area contributed by atoms with E-state index < -0.39 is 23.2 Å². The smallest absolute Gasteiger partial charge is 0.329 e. The molecule has 3 rings (SSSR count). The van der Waals surface area contributed by atoms with Gasteiger partial charge in [0.1, 0.15) is 17.0 Å².